The molecule has 9 heteroatoms. The molecule has 0 aliphatic carbocycles. The number of nitrogens with one attached hydrogen (secondary N) is 2. The van der Waals surface area contributed by atoms with Gasteiger partial charge in [-0.2, -0.15) is 0 Å². The number of hydrogen-bond donors (Lipinski definition) is 3. The van der Waals surface area contributed by atoms with Gasteiger partial charge in [-0.1, -0.05) is 54.9 Å². The van der Waals surface area contributed by atoms with E-state index in [4.69, 9.17) is 23.2 Å². The molecular formula is C28H37Cl2N5O2. The Morgan fingerprint density at radius 3 is 2.70 bits per heavy atom. The highest BCUT2D eigenvalue weighted by molar-refractivity contribution is 6.39. The lowest BCUT2D eigenvalue weighted by molar-refractivity contribution is -0.117. The molecule has 0 aromatic carbocycles. The van der Waals surface area contributed by atoms with Gasteiger partial charge in [0.15, 0.2) is 0 Å². The molecule has 0 spiro atoms. The number of aliphatic imine (C=N–C) groups is 2. The Morgan fingerprint density at radius 1 is 1.35 bits per heavy atom. The predicted octanol–water partition coefficient (Wildman–Crippen LogP) is 6.29. The van der Waals surface area contributed by atoms with Crippen molar-refractivity contribution in [2.24, 2.45) is 15.9 Å². The molecule has 1 atom stereocenters. The number of aliphatic hydroxyl groups is 1. The third-order valence-corrected chi connectivity index (χ3v) is 5.75. The maximum absolute atomic E-state index is 12.4. The molecule has 0 fully saturated rings. The van der Waals surface area contributed by atoms with Crippen LogP contribution in [0.1, 0.15) is 45.6 Å². The van der Waals surface area contributed by atoms with E-state index < -0.39 is 5.60 Å². The molecule has 0 radical (unpaired) electrons. The largest absolute Gasteiger partial charge is 0.390 e. The number of carbonyl (C=O) groups excluding carboxylic acids is 1. The van der Waals surface area contributed by atoms with E-state index in [-0.39, 0.29) is 11.8 Å². The summed E-state index contributed by atoms with van der Waals surface area (Å²) in [4.78, 5) is 25.0. The van der Waals surface area contributed by atoms with E-state index in [9.17, 15) is 9.90 Å². The minimum Gasteiger partial charge on any atom is -0.390 e. The number of allylic oxidation sites excluding steroid dienone is 5. The van der Waals surface area contributed by atoms with Crippen LogP contribution >= 0.6 is 23.2 Å². The lowest BCUT2D eigenvalue weighted by Gasteiger charge is -2.26. The van der Waals surface area contributed by atoms with Gasteiger partial charge in [-0.15, -0.1) is 0 Å². The standard InChI is InChI=1S/C28H37Cl2N5O2/c1-6-23(28(3,4)37)19-32-20-24(30)10-8-7-9-11-25(31-5)16-21(2)27(36)35-18-22-12-13-26(34-17-22)33-15-14-29/h7-8,10,12-17,20,23,37H,2,5-6,9,11,18-19H2,1,3-4H3,(H,33,34)(H,35,36)/b8-7+,15-14+,24-10+,25-16-,32-20-. The van der Waals surface area contributed by atoms with E-state index in [1.54, 1.807) is 50.7 Å². The minimum atomic E-state index is -0.775. The van der Waals surface area contributed by atoms with Gasteiger partial charge in [-0.25, -0.2) is 4.98 Å². The molecular weight excluding hydrogens is 509 g/mol. The summed E-state index contributed by atoms with van der Waals surface area (Å²) in [6.45, 7) is 13.9. The number of nitrogens with zero attached hydrogens (tertiary/aromatic N) is 3. The number of hydrogen-bond acceptors (Lipinski definition) is 6. The van der Waals surface area contributed by atoms with Crippen molar-refractivity contribution in [1.82, 2.24) is 10.3 Å². The first-order valence-electron chi connectivity index (χ1n) is 12.0. The van der Waals surface area contributed by atoms with Crippen LogP contribution in [0.2, 0.25) is 0 Å². The first-order chi connectivity index (χ1) is 17.6. The Kier molecular flexibility index (Phi) is 15.1. The molecule has 0 aliphatic heterocycles. The highest BCUT2D eigenvalue weighted by atomic mass is 35.5. The Labute approximate surface area is 230 Å². The van der Waals surface area contributed by atoms with Gasteiger partial charge in [-0.3, -0.25) is 14.8 Å². The van der Waals surface area contributed by atoms with Gasteiger partial charge in [0.25, 0.3) is 5.91 Å². The van der Waals surface area contributed by atoms with Crippen molar-refractivity contribution in [2.45, 2.75) is 52.2 Å². The van der Waals surface area contributed by atoms with Gasteiger partial charge >= 0.3 is 0 Å². The number of aromatic nitrogens is 1. The molecule has 200 valence electrons. The second-order valence-corrected chi connectivity index (χ2v) is 9.45. The van der Waals surface area contributed by atoms with Gasteiger partial charge in [0.1, 0.15) is 5.82 Å². The van der Waals surface area contributed by atoms with Crippen LogP contribution < -0.4 is 10.6 Å². The number of amides is 1. The van der Waals surface area contributed by atoms with Gasteiger partial charge < -0.3 is 15.7 Å². The summed E-state index contributed by atoms with van der Waals surface area (Å²) in [5.74, 6) is 0.420. The maximum atomic E-state index is 12.4. The van der Waals surface area contributed by atoms with Crippen molar-refractivity contribution in [1.29, 1.82) is 0 Å². The van der Waals surface area contributed by atoms with Crippen LogP contribution in [-0.2, 0) is 11.3 Å². The van der Waals surface area contributed by atoms with E-state index >= 15 is 0 Å². The normalized spacial score (nSPS) is 13.9. The minimum absolute atomic E-state index is 0.0718. The fourth-order valence-electron chi connectivity index (χ4n) is 3.14. The molecule has 1 unspecified atom stereocenters. The third kappa shape index (κ3) is 13.8. The molecule has 1 heterocycles. The van der Waals surface area contributed by atoms with E-state index in [1.165, 1.54) is 5.54 Å². The molecule has 0 bridgehead atoms. The van der Waals surface area contributed by atoms with Crippen molar-refractivity contribution >= 4 is 47.9 Å². The Bertz CT molecular complexity index is 1040. The summed E-state index contributed by atoms with van der Waals surface area (Å²) in [6, 6.07) is 3.64. The van der Waals surface area contributed by atoms with E-state index in [0.29, 0.717) is 48.1 Å². The zero-order valence-corrected chi connectivity index (χ0v) is 23.3. The third-order valence-electron chi connectivity index (χ3n) is 5.40. The highest BCUT2D eigenvalue weighted by Gasteiger charge is 2.24. The Hall–Kier alpha value is -3.00. The lowest BCUT2D eigenvalue weighted by atomic mass is 9.89. The summed E-state index contributed by atoms with van der Waals surface area (Å²) in [7, 11) is 0. The summed E-state index contributed by atoms with van der Waals surface area (Å²) in [6.07, 6.45) is 14.1. The molecule has 1 aromatic heterocycles. The van der Waals surface area contributed by atoms with E-state index in [2.05, 4.69) is 38.9 Å². The van der Waals surface area contributed by atoms with Crippen LogP contribution in [0.4, 0.5) is 5.82 Å². The van der Waals surface area contributed by atoms with Crippen LogP contribution in [0.3, 0.4) is 0 Å². The average Bonchev–Trinajstić information content (AvgIpc) is 2.87. The van der Waals surface area contributed by atoms with Gasteiger partial charge in [0, 0.05) is 54.4 Å². The maximum Gasteiger partial charge on any atom is 0.251 e. The quantitative estimate of drug-likeness (QED) is 0.129. The van der Waals surface area contributed by atoms with Crippen molar-refractivity contribution in [3.8, 4) is 0 Å². The van der Waals surface area contributed by atoms with Gasteiger partial charge in [0.05, 0.1) is 10.6 Å². The number of pyridine rings is 1. The van der Waals surface area contributed by atoms with E-state index in [1.807, 2.05) is 25.1 Å². The SMILES string of the molecule is C=N/C(=C\C(=C)C(=O)NCc1ccc(N/C=C/Cl)nc1)CC/C=C/C=C(Cl)\C=N/CC(CC)C(C)(C)O. The molecule has 37 heavy (non-hydrogen) atoms. The second-order valence-electron chi connectivity index (χ2n) is 8.76. The molecule has 3 N–H and O–H groups in total. The number of halogens is 2. The van der Waals surface area contributed by atoms with Crippen LogP contribution in [0.25, 0.3) is 0 Å². The summed E-state index contributed by atoms with van der Waals surface area (Å²) >= 11 is 11.7. The first kappa shape index (κ1) is 32.0. The summed E-state index contributed by atoms with van der Waals surface area (Å²) in [5, 5.41) is 16.3. The zero-order valence-electron chi connectivity index (χ0n) is 21.8. The summed E-state index contributed by atoms with van der Waals surface area (Å²) in [5.41, 5.74) is 2.37. The van der Waals surface area contributed by atoms with E-state index in [0.717, 1.165) is 12.0 Å². The van der Waals surface area contributed by atoms with Crippen molar-refractivity contribution < 1.29 is 9.90 Å². The molecule has 1 aromatic rings. The van der Waals surface area contributed by atoms with Crippen LogP contribution in [0.15, 0.2) is 87.2 Å². The van der Waals surface area contributed by atoms with Crippen molar-refractivity contribution in [3.63, 3.8) is 0 Å². The van der Waals surface area contributed by atoms with Crippen LogP contribution in [-0.4, -0.2) is 41.1 Å². The highest BCUT2D eigenvalue weighted by Crippen LogP contribution is 2.20. The monoisotopic (exact) mass is 545 g/mol. The average molecular weight is 547 g/mol. The van der Waals surface area contributed by atoms with Gasteiger partial charge in [0.2, 0.25) is 0 Å². The molecule has 1 amide bonds. The molecule has 0 saturated carbocycles. The zero-order chi connectivity index (χ0) is 27.7. The summed E-state index contributed by atoms with van der Waals surface area (Å²) < 4.78 is 0. The predicted molar refractivity (Wildman–Crippen MR) is 157 cm³/mol. The van der Waals surface area contributed by atoms with Crippen molar-refractivity contribution in [2.75, 3.05) is 11.9 Å². The number of rotatable bonds is 16. The second kappa shape index (κ2) is 17.5. The van der Waals surface area contributed by atoms with Crippen LogP contribution in [0.5, 0.6) is 0 Å². The first-order valence-corrected chi connectivity index (χ1v) is 12.8. The van der Waals surface area contributed by atoms with Gasteiger partial charge in [-0.05, 0) is 63.6 Å². The fraction of sp³-hybridized carbons (Fsp3) is 0.357. The Morgan fingerprint density at radius 2 is 2.11 bits per heavy atom. The molecule has 0 aliphatic rings. The van der Waals surface area contributed by atoms with Crippen LogP contribution in [0, 0.1) is 5.92 Å². The Balaban J connectivity index is 2.50. The molecule has 7 nitrogen and oxygen atoms in total. The number of carbonyl (C=O) groups is 1. The molecule has 1 rings (SSSR count). The smallest absolute Gasteiger partial charge is 0.251 e. The number of anilines is 1. The lowest BCUT2D eigenvalue weighted by Crippen LogP contribution is -2.32. The topological polar surface area (TPSA) is 99.0 Å². The van der Waals surface area contributed by atoms with Crippen molar-refractivity contribution in [3.05, 3.63) is 82.8 Å². The molecule has 0 saturated heterocycles. The fourth-order valence-corrected chi connectivity index (χ4v) is 3.35.